The van der Waals surface area contributed by atoms with Gasteiger partial charge >= 0.3 is 12.1 Å². The molecule has 2 heterocycles. The number of rotatable bonds is 3. The lowest BCUT2D eigenvalue weighted by Crippen LogP contribution is -2.53. The van der Waals surface area contributed by atoms with Crippen LogP contribution < -0.4 is 0 Å². The van der Waals surface area contributed by atoms with Crippen LogP contribution in [0.15, 0.2) is 24.3 Å². The number of carbonyl (C=O) groups excluding carboxylic acids is 1. The van der Waals surface area contributed by atoms with Crippen LogP contribution in [0.5, 0.6) is 0 Å². The molecule has 1 aromatic rings. The molecular weight excluding hydrogens is 421 g/mol. The lowest BCUT2D eigenvalue weighted by atomic mass is 9.84. The van der Waals surface area contributed by atoms with Gasteiger partial charge in [-0.15, -0.1) is 0 Å². The Morgan fingerprint density at radius 1 is 1.13 bits per heavy atom. The number of carboxylic acid groups (broad SMARTS) is 1. The van der Waals surface area contributed by atoms with E-state index in [-0.39, 0.29) is 5.91 Å². The average Bonchev–Trinajstić information content (AvgIpc) is 3.43. The number of piperidine rings is 1. The second-order valence-electron chi connectivity index (χ2n) is 8.32. The first kappa shape index (κ1) is 22.9. The molecule has 5 nitrogen and oxygen atoms in total. The van der Waals surface area contributed by atoms with Gasteiger partial charge in [-0.1, -0.05) is 17.7 Å². The molecule has 2 saturated heterocycles. The first-order chi connectivity index (χ1) is 14.1. The fourth-order valence-electron chi connectivity index (χ4n) is 4.39. The van der Waals surface area contributed by atoms with Gasteiger partial charge in [0, 0.05) is 35.8 Å². The highest BCUT2D eigenvalue weighted by atomic mass is 35.5. The Bertz CT molecular complexity index is 775. The van der Waals surface area contributed by atoms with Crippen LogP contribution >= 0.6 is 11.6 Å². The largest absolute Gasteiger partial charge is 0.490 e. The molecule has 3 fully saturated rings. The first-order valence-electron chi connectivity index (χ1n) is 10.2. The number of nitrogens with zero attached hydrogens (tertiary/aromatic N) is 2. The van der Waals surface area contributed by atoms with Crippen molar-refractivity contribution < 1.29 is 27.9 Å². The van der Waals surface area contributed by atoms with E-state index < -0.39 is 12.1 Å². The van der Waals surface area contributed by atoms with Gasteiger partial charge in [0.1, 0.15) is 0 Å². The highest BCUT2D eigenvalue weighted by molar-refractivity contribution is 6.30. The van der Waals surface area contributed by atoms with Crippen molar-refractivity contribution in [1.82, 2.24) is 9.80 Å². The lowest BCUT2D eigenvalue weighted by Gasteiger charge is -2.45. The third-order valence-corrected chi connectivity index (χ3v) is 6.45. The molecular formula is C21H26ClF3N2O3. The molecule has 9 heteroatoms. The molecule has 0 unspecified atom stereocenters. The van der Waals surface area contributed by atoms with Crippen molar-refractivity contribution in [3.8, 4) is 0 Å². The van der Waals surface area contributed by atoms with Crippen LogP contribution in [0.25, 0.3) is 0 Å². The summed E-state index contributed by atoms with van der Waals surface area (Å²) in [6, 6.07) is 7.32. The second kappa shape index (κ2) is 9.14. The molecule has 166 valence electrons. The Morgan fingerprint density at radius 2 is 1.77 bits per heavy atom. The minimum absolute atomic E-state index is 0.133. The molecule has 0 bridgehead atoms. The zero-order valence-corrected chi connectivity index (χ0v) is 17.4. The van der Waals surface area contributed by atoms with Crippen molar-refractivity contribution >= 4 is 23.5 Å². The number of benzene rings is 1. The van der Waals surface area contributed by atoms with Gasteiger partial charge in [-0.05, 0) is 69.2 Å². The van der Waals surface area contributed by atoms with E-state index in [0.717, 1.165) is 37.4 Å². The summed E-state index contributed by atoms with van der Waals surface area (Å²) in [6.07, 6.45) is 2.67. The van der Waals surface area contributed by atoms with Gasteiger partial charge in [-0.2, -0.15) is 13.2 Å². The van der Waals surface area contributed by atoms with Crippen LogP contribution in [0.2, 0.25) is 5.02 Å². The van der Waals surface area contributed by atoms with Crippen LogP contribution in [0.1, 0.15) is 48.9 Å². The van der Waals surface area contributed by atoms with Crippen molar-refractivity contribution in [1.29, 1.82) is 0 Å². The first-order valence-corrected chi connectivity index (χ1v) is 10.6. The topological polar surface area (TPSA) is 60.9 Å². The minimum atomic E-state index is -5.08. The van der Waals surface area contributed by atoms with Gasteiger partial charge in [-0.25, -0.2) is 4.79 Å². The zero-order valence-electron chi connectivity index (χ0n) is 16.6. The Kier molecular flexibility index (Phi) is 6.97. The second-order valence-corrected chi connectivity index (χ2v) is 8.76. The van der Waals surface area contributed by atoms with Crippen molar-refractivity contribution in [2.24, 2.45) is 5.92 Å². The Hall–Kier alpha value is -1.80. The molecule has 1 amide bonds. The highest BCUT2D eigenvalue weighted by Gasteiger charge is 2.45. The monoisotopic (exact) mass is 446 g/mol. The summed E-state index contributed by atoms with van der Waals surface area (Å²) in [5.41, 5.74) is 1.10. The van der Waals surface area contributed by atoms with E-state index >= 15 is 0 Å². The molecule has 1 aliphatic carbocycles. The van der Waals surface area contributed by atoms with Gasteiger partial charge < -0.3 is 10.0 Å². The summed E-state index contributed by atoms with van der Waals surface area (Å²) >= 11 is 6.02. The maximum Gasteiger partial charge on any atom is 0.490 e. The summed E-state index contributed by atoms with van der Waals surface area (Å²) in [5, 5.41) is 7.76. The molecule has 1 aromatic carbocycles. The molecule has 0 aromatic heterocycles. The maximum absolute atomic E-state index is 12.7. The number of alkyl halides is 3. The zero-order chi connectivity index (χ0) is 21.9. The van der Waals surface area contributed by atoms with E-state index in [1.807, 2.05) is 23.1 Å². The van der Waals surface area contributed by atoms with Gasteiger partial charge in [0.15, 0.2) is 0 Å². The van der Waals surface area contributed by atoms with Crippen LogP contribution in [-0.2, 0) is 4.79 Å². The lowest BCUT2D eigenvalue weighted by molar-refractivity contribution is -0.192. The van der Waals surface area contributed by atoms with E-state index in [1.54, 1.807) is 6.07 Å². The Labute approximate surface area is 178 Å². The van der Waals surface area contributed by atoms with Crippen molar-refractivity contribution in [3.63, 3.8) is 0 Å². The van der Waals surface area contributed by atoms with Crippen LogP contribution in [0.4, 0.5) is 13.2 Å². The van der Waals surface area contributed by atoms with Gasteiger partial charge in [0.25, 0.3) is 5.91 Å². The number of amides is 1. The predicted molar refractivity (Wildman–Crippen MR) is 107 cm³/mol. The van der Waals surface area contributed by atoms with Crippen molar-refractivity contribution in [3.05, 3.63) is 34.9 Å². The number of aliphatic carboxylic acids is 1. The van der Waals surface area contributed by atoms with Crippen molar-refractivity contribution in [2.45, 2.75) is 50.2 Å². The number of halogens is 4. The summed E-state index contributed by atoms with van der Waals surface area (Å²) < 4.78 is 31.7. The van der Waals surface area contributed by atoms with Gasteiger partial charge in [0.2, 0.25) is 0 Å². The Balaban J connectivity index is 0.000000318. The molecule has 2 aliphatic heterocycles. The van der Waals surface area contributed by atoms with Crippen molar-refractivity contribution in [2.75, 3.05) is 26.2 Å². The normalized spacial score (nSPS) is 21.3. The number of hydrogen-bond acceptors (Lipinski definition) is 3. The smallest absolute Gasteiger partial charge is 0.475 e. The van der Waals surface area contributed by atoms with Gasteiger partial charge in [0.05, 0.1) is 0 Å². The fraction of sp³-hybridized carbons (Fsp3) is 0.619. The SMILES string of the molecule is O=C(O)C(F)(F)F.O=C(c1cccc(Cl)c1)N1CCC2(CCCN2CC2CC2)CC1. The molecule has 1 N–H and O–H groups in total. The maximum atomic E-state index is 12.7. The third kappa shape index (κ3) is 5.66. The molecule has 0 radical (unpaired) electrons. The third-order valence-electron chi connectivity index (χ3n) is 6.21. The molecule has 30 heavy (non-hydrogen) atoms. The Morgan fingerprint density at radius 3 is 2.30 bits per heavy atom. The van der Waals surface area contributed by atoms with Crippen LogP contribution in [0.3, 0.4) is 0 Å². The van der Waals surface area contributed by atoms with Crippen LogP contribution in [0, 0.1) is 5.92 Å². The van der Waals surface area contributed by atoms with E-state index in [2.05, 4.69) is 4.90 Å². The minimum Gasteiger partial charge on any atom is -0.475 e. The predicted octanol–water partition coefficient (Wildman–Crippen LogP) is 4.45. The molecule has 0 atom stereocenters. The molecule has 4 rings (SSSR count). The molecule has 1 spiro atoms. The van der Waals surface area contributed by atoms with Gasteiger partial charge in [-0.3, -0.25) is 9.69 Å². The average molecular weight is 447 g/mol. The van der Waals surface area contributed by atoms with E-state index in [9.17, 15) is 18.0 Å². The number of carboxylic acids is 1. The van der Waals surface area contributed by atoms with E-state index in [4.69, 9.17) is 21.5 Å². The summed E-state index contributed by atoms with van der Waals surface area (Å²) in [4.78, 5) is 26.3. The number of hydrogen-bond donors (Lipinski definition) is 1. The molecule has 1 saturated carbocycles. The number of carbonyl (C=O) groups is 2. The summed E-state index contributed by atoms with van der Waals surface area (Å²) in [6.45, 7) is 4.32. The summed E-state index contributed by atoms with van der Waals surface area (Å²) in [7, 11) is 0. The summed E-state index contributed by atoms with van der Waals surface area (Å²) in [5.74, 6) is -1.67. The fourth-order valence-corrected chi connectivity index (χ4v) is 4.58. The molecule has 3 aliphatic rings. The standard InChI is InChI=1S/C19H25ClN2O.C2HF3O2/c20-17-4-1-3-16(13-17)18(23)21-11-8-19(9-12-21)7-2-10-22(19)14-15-5-6-15;3-2(4,5)1(6)7/h1,3-4,13,15H,2,5-12,14H2;(H,6,7). The van der Waals surface area contributed by atoms with E-state index in [0.29, 0.717) is 10.6 Å². The quantitative estimate of drug-likeness (QED) is 0.745. The van der Waals surface area contributed by atoms with E-state index in [1.165, 1.54) is 38.8 Å². The number of likely N-dealkylation sites (tertiary alicyclic amines) is 2. The van der Waals surface area contributed by atoms with Crippen LogP contribution in [-0.4, -0.2) is 64.7 Å². The highest BCUT2D eigenvalue weighted by Crippen LogP contribution is 2.42.